The van der Waals surface area contributed by atoms with Gasteiger partial charge in [0.1, 0.15) is 0 Å². The molecule has 0 unspecified atom stereocenters. The summed E-state index contributed by atoms with van der Waals surface area (Å²) in [7, 11) is 0. The Morgan fingerprint density at radius 2 is 2.08 bits per heavy atom. The molecule has 1 aliphatic carbocycles. The highest BCUT2D eigenvalue weighted by atomic mass is 79.9. The zero-order chi connectivity index (χ0) is 18.3. The van der Waals surface area contributed by atoms with E-state index in [1.54, 1.807) is 0 Å². The van der Waals surface area contributed by atoms with Crippen LogP contribution in [0.5, 0.6) is 0 Å². The van der Waals surface area contributed by atoms with Crippen LogP contribution in [0.15, 0.2) is 39.3 Å². The van der Waals surface area contributed by atoms with Gasteiger partial charge in [0.05, 0.1) is 16.6 Å². The molecule has 1 atom stereocenters. The Kier molecular flexibility index (Phi) is 4.53. The molecule has 0 aliphatic heterocycles. The van der Waals surface area contributed by atoms with Crippen LogP contribution in [0.1, 0.15) is 53.0 Å². The third kappa shape index (κ3) is 3.51. The van der Waals surface area contributed by atoms with Crippen LogP contribution in [0.2, 0.25) is 0 Å². The molecular formula is C20H20BrN3O2. The summed E-state index contributed by atoms with van der Waals surface area (Å²) >= 11 is 3.44. The van der Waals surface area contributed by atoms with Gasteiger partial charge in [-0.05, 0) is 56.9 Å². The zero-order valence-electron chi connectivity index (χ0n) is 14.8. The normalized spacial score (nSPS) is 15.2. The average Bonchev–Trinajstić information content (AvgIpc) is 3.40. The molecule has 1 N–H and O–H groups in total. The molecule has 5 nitrogen and oxygen atoms in total. The van der Waals surface area contributed by atoms with Crippen LogP contribution in [0.4, 0.5) is 0 Å². The number of nitrogens with zero attached hydrogens (tertiary/aromatic N) is 2. The highest BCUT2D eigenvalue weighted by Crippen LogP contribution is 2.40. The van der Waals surface area contributed by atoms with Gasteiger partial charge in [-0.2, -0.15) is 0 Å². The summed E-state index contributed by atoms with van der Waals surface area (Å²) in [5.74, 6) is 0.340. The van der Waals surface area contributed by atoms with Gasteiger partial charge in [0.25, 0.3) is 11.6 Å². The van der Waals surface area contributed by atoms with E-state index >= 15 is 0 Å². The molecule has 0 bridgehead atoms. The zero-order valence-corrected chi connectivity index (χ0v) is 16.3. The molecule has 26 heavy (non-hydrogen) atoms. The second kappa shape index (κ2) is 6.83. The molecule has 1 aromatic carbocycles. The molecule has 0 saturated heterocycles. The van der Waals surface area contributed by atoms with Crippen LogP contribution in [0, 0.1) is 6.92 Å². The fourth-order valence-corrected chi connectivity index (χ4v) is 3.47. The summed E-state index contributed by atoms with van der Waals surface area (Å²) in [5, 5.41) is 7.81. The van der Waals surface area contributed by atoms with Crippen molar-refractivity contribution in [1.29, 1.82) is 0 Å². The first kappa shape index (κ1) is 17.2. The molecule has 0 radical (unpaired) electrons. The molecule has 4 rings (SSSR count). The van der Waals surface area contributed by atoms with Crippen LogP contribution in [-0.4, -0.2) is 22.1 Å². The number of halogens is 1. The minimum Gasteiger partial charge on any atom is -0.349 e. The van der Waals surface area contributed by atoms with Gasteiger partial charge in [-0.3, -0.25) is 4.79 Å². The third-order valence-electron chi connectivity index (χ3n) is 4.71. The number of carbonyl (C=O) groups is 1. The van der Waals surface area contributed by atoms with Gasteiger partial charge in [-0.25, -0.2) is 4.98 Å². The monoisotopic (exact) mass is 413 g/mol. The third-order valence-corrected chi connectivity index (χ3v) is 5.24. The fraction of sp³-hybridized carbons (Fsp3) is 0.350. The summed E-state index contributed by atoms with van der Waals surface area (Å²) in [5.41, 5.74) is 3.87. The second-order valence-electron chi connectivity index (χ2n) is 7.02. The highest BCUT2D eigenvalue weighted by Gasteiger charge is 2.28. The molecular weight excluding hydrogens is 394 g/mol. The number of fused-ring (bicyclic) bond motifs is 1. The SMILES string of the molecule is Cc1noc2nc(C3CC3)cc(C(=O)N[C@@H](C)Cc3ccc(Br)cc3)c12. The first-order valence-electron chi connectivity index (χ1n) is 8.83. The van der Waals surface area contributed by atoms with E-state index in [0.29, 0.717) is 28.3 Å². The Bertz CT molecular complexity index is 961. The average molecular weight is 414 g/mol. The molecule has 3 aromatic rings. The van der Waals surface area contributed by atoms with Gasteiger partial charge in [0.15, 0.2) is 0 Å². The van der Waals surface area contributed by atoms with E-state index in [0.717, 1.165) is 29.4 Å². The Morgan fingerprint density at radius 3 is 2.77 bits per heavy atom. The smallest absolute Gasteiger partial charge is 0.259 e. The van der Waals surface area contributed by atoms with Crippen molar-refractivity contribution in [2.45, 2.75) is 45.1 Å². The number of aromatic nitrogens is 2. The largest absolute Gasteiger partial charge is 0.349 e. The maximum Gasteiger partial charge on any atom is 0.259 e. The molecule has 2 heterocycles. The molecule has 1 aliphatic rings. The number of amides is 1. The molecule has 1 saturated carbocycles. The van der Waals surface area contributed by atoms with Crippen LogP contribution >= 0.6 is 15.9 Å². The molecule has 134 valence electrons. The van der Waals surface area contributed by atoms with Gasteiger partial charge in [-0.15, -0.1) is 0 Å². The van der Waals surface area contributed by atoms with Crippen LogP contribution in [0.25, 0.3) is 11.1 Å². The van der Waals surface area contributed by atoms with Crippen LogP contribution < -0.4 is 5.32 Å². The summed E-state index contributed by atoms with van der Waals surface area (Å²) in [6.45, 7) is 3.85. The number of hydrogen-bond acceptors (Lipinski definition) is 4. The summed E-state index contributed by atoms with van der Waals surface area (Å²) < 4.78 is 6.37. The van der Waals surface area contributed by atoms with Crippen molar-refractivity contribution < 1.29 is 9.32 Å². The number of carbonyl (C=O) groups excluding carboxylic acids is 1. The highest BCUT2D eigenvalue weighted by molar-refractivity contribution is 9.10. The number of pyridine rings is 1. The van der Waals surface area contributed by atoms with Gasteiger partial charge >= 0.3 is 0 Å². The van der Waals surface area contributed by atoms with Gasteiger partial charge < -0.3 is 9.84 Å². The number of rotatable bonds is 5. The van der Waals surface area contributed by atoms with Crippen molar-refractivity contribution in [3.05, 3.63) is 57.3 Å². The lowest BCUT2D eigenvalue weighted by Crippen LogP contribution is -2.34. The number of hydrogen-bond donors (Lipinski definition) is 1. The van der Waals surface area contributed by atoms with Crippen molar-refractivity contribution in [3.8, 4) is 0 Å². The summed E-state index contributed by atoms with van der Waals surface area (Å²) in [6.07, 6.45) is 3.00. The van der Waals surface area contributed by atoms with E-state index in [2.05, 4.69) is 43.5 Å². The minimum atomic E-state index is -0.102. The maximum absolute atomic E-state index is 12.9. The van der Waals surface area contributed by atoms with Gasteiger partial charge in [0, 0.05) is 22.1 Å². The first-order valence-corrected chi connectivity index (χ1v) is 9.63. The quantitative estimate of drug-likeness (QED) is 0.666. The van der Waals surface area contributed by atoms with E-state index in [-0.39, 0.29) is 11.9 Å². The van der Waals surface area contributed by atoms with E-state index < -0.39 is 0 Å². The number of nitrogens with one attached hydrogen (secondary N) is 1. The topological polar surface area (TPSA) is 68.0 Å². The molecule has 1 fully saturated rings. The van der Waals surface area contributed by atoms with Gasteiger partial charge in [-0.1, -0.05) is 33.2 Å². The van der Waals surface area contributed by atoms with Crippen LogP contribution in [0.3, 0.4) is 0 Å². The minimum absolute atomic E-state index is 0.0106. The maximum atomic E-state index is 12.9. The predicted molar refractivity (Wildman–Crippen MR) is 103 cm³/mol. The Labute approximate surface area is 160 Å². The molecule has 0 spiro atoms. The van der Waals surface area contributed by atoms with E-state index in [9.17, 15) is 4.79 Å². The van der Waals surface area contributed by atoms with Crippen molar-refractivity contribution >= 4 is 32.9 Å². The van der Waals surface area contributed by atoms with Crippen LogP contribution in [-0.2, 0) is 6.42 Å². The Balaban J connectivity index is 1.57. The van der Waals surface area contributed by atoms with Crippen molar-refractivity contribution in [3.63, 3.8) is 0 Å². The predicted octanol–water partition coefficient (Wildman–Crippen LogP) is 4.53. The Morgan fingerprint density at radius 1 is 1.35 bits per heavy atom. The number of benzene rings is 1. The van der Waals surface area contributed by atoms with E-state index in [1.807, 2.05) is 32.0 Å². The molecule has 2 aromatic heterocycles. The van der Waals surface area contributed by atoms with E-state index in [1.165, 1.54) is 5.56 Å². The summed E-state index contributed by atoms with van der Waals surface area (Å²) in [4.78, 5) is 17.5. The standard InChI is InChI=1S/C20H20BrN3O2/c1-11(9-13-3-7-15(21)8-4-13)22-19(25)16-10-17(14-5-6-14)23-20-18(16)12(2)24-26-20/h3-4,7-8,10-11,14H,5-6,9H2,1-2H3,(H,22,25)/t11-/m0/s1. The molecule has 6 heteroatoms. The number of aryl methyl sites for hydroxylation is 1. The second-order valence-corrected chi connectivity index (χ2v) is 7.94. The van der Waals surface area contributed by atoms with Gasteiger partial charge in [0.2, 0.25) is 0 Å². The fourth-order valence-electron chi connectivity index (χ4n) is 3.21. The lowest BCUT2D eigenvalue weighted by Gasteiger charge is -2.15. The first-order chi connectivity index (χ1) is 12.5. The summed E-state index contributed by atoms with van der Waals surface area (Å²) in [6, 6.07) is 10.1. The van der Waals surface area contributed by atoms with Crippen molar-refractivity contribution in [1.82, 2.24) is 15.5 Å². The lowest BCUT2D eigenvalue weighted by atomic mass is 10.0. The lowest BCUT2D eigenvalue weighted by molar-refractivity contribution is 0.0941. The molecule has 1 amide bonds. The Hall–Kier alpha value is -2.21. The van der Waals surface area contributed by atoms with E-state index in [4.69, 9.17) is 4.52 Å². The van der Waals surface area contributed by atoms with Crippen molar-refractivity contribution in [2.75, 3.05) is 0 Å². The van der Waals surface area contributed by atoms with Crippen molar-refractivity contribution in [2.24, 2.45) is 0 Å².